The number of halogens is 3. The number of rotatable bonds is 2. The van der Waals surface area contributed by atoms with Gasteiger partial charge in [0.15, 0.2) is 0 Å². The van der Waals surface area contributed by atoms with Crippen molar-refractivity contribution in [2.75, 3.05) is 4.90 Å². The zero-order valence-corrected chi connectivity index (χ0v) is 11.8. The predicted octanol–water partition coefficient (Wildman–Crippen LogP) is 2.76. The third-order valence-corrected chi connectivity index (χ3v) is 3.84. The Bertz CT molecular complexity index is 838. The van der Waals surface area contributed by atoms with E-state index in [1.54, 1.807) is 24.3 Å². The molecule has 0 saturated heterocycles. The van der Waals surface area contributed by atoms with Crippen LogP contribution in [0, 0.1) is 11.3 Å². The van der Waals surface area contributed by atoms with Gasteiger partial charge in [-0.05, 0) is 11.1 Å². The van der Waals surface area contributed by atoms with Crippen molar-refractivity contribution in [1.29, 1.82) is 5.26 Å². The van der Waals surface area contributed by atoms with Gasteiger partial charge in [0.05, 0.1) is 30.4 Å². The van der Waals surface area contributed by atoms with E-state index in [1.165, 1.54) is 4.90 Å². The second-order valence-corrected chi connectivity index (χ2v) is 5.16. The fourth-order valence-electron chi connectivity index (χ4n) is 2.91. The number of hydrogen-bond acceptors (Lipinski definition) is 4. The molecule has 0 radical (unpaired) electrons. The normalized spacial score (nSPS) is 17.0. The summed E-state index contributed by atoms with van der Waals surface area (Å²) < 4.78 is 39.8. The van der Waals surface area contributed by atoms with Crippen LogP contribution in [0.4, 0.5) is 18.9 Å². The highest BCUT2D eigenvalue weighted by Crippen LogP contribution is 2.42. The van der Waals surface area contributed by atoms with Crippen molar-refractivity contribution in [3.63, 3.8) is 0 Å². The number of nitrogens with zero attached hydrogens (tertiary/aromatic N) is 3. The van der Waals surface area contributed by atoms with Gasteiger partial charge in [0.2, 0.25) is 0 Å². The van der Waals surface area contributed by atoms with Crippen molar-refractivity contribution >= 4 is 5.69 Å². The molecule has 0 amide bonds. The number of anilines is 1. The predicted molar refractivity (Wildman–Crippen MR) is 75.5 cm³/mol. The molecule has 0 spiro atoms. The molecular weight excluding hydrogens is 309 g/mol. The number of hydrogen-bond donors (Lipinski definition) is 1. The number of H-pyrrole nitrogens is 1. The van der Waals surface area contributed by atoms with Crippen LogP contribution in [0.3, 0.4) is 0 Å². The highest BCUT2D eigenvalue weighted by Gasteiger charge is 2.41. The molecule has 2 heterocycles. The molecular formula is C15H11F3N4O. The Hall–Kier alpha value is -2.82. The van der Waals surface area contributed by atoms with E-state index >= 15 is 0 Å². The van der Waals surface area contributed by atoms with Crippen molar-refractivity contribution in [2.45, 2.75) is 25.2 Å². The molecule has 2 aromatic rings. The third kappa shape index (κ3) is 2.54. The lowest BCUT2D eigenvalue weighted by atomic mass is 10.0. The molecule has 3 rings (SSSR count). The van der Waals surface area contributed by atoms with Crippen LogP contribution in [-0.4, -0.2) is 10.2 Å². The molecule has 1 N–H and O–H groups in total. The van der Waals surface area contributed by atoms with E-state index < -0.39 is 23.3 Å². The quantitative estimate of drug-likeness (QED) is 0.923. The van der Waals surface area contributed by atoms with Gasteiger partial charge in [-0.1, -0.05) is 24.3 Å². The van der Waals surface area contributed by atoms with Crippen LogP contribution < -0.4 is 10.5 Å². The first-order chi connectivity index (χ1) is 10.9. The Labute approximate surface area is 129 Å². The molecule has 8 heteroatoms. The number of benzene rings is 1. The number of fused-ring (bicyclic) bond motifs is 1. The monoisotopic (exact) mass is 320 g/mol. The van der Waals surface area contributed by atoms with E-state index in [4.69, 9.17) is 5.26 Å². The molecule has 1 unspecified atom stereocenters. The second-order valence-electron chi connectivity index (χ2n) is 5.16. The maximum Gasteiger partial charge on any atom is 0.423 e. The lowest BCUT2D eigenvalue weighted by Gasteiger charge is -2.27. The first-order valence-corrected chi connectivity index (χ1v) is 6.79. The van der Waals surface area contributed by atoms with Gasteiger partial charge in [-0.15, -0.1) is 0 Å². The first kappa shape index (κ1) is 15.1. The molecule has 0 aliphatic carbocycles. The average molecular weight is 320 g/mol. The van der Waals surface area contributed by atoms with E-state index in [2.05, 4.69) is 5.10 Å². The molecule has 118 valence electrons. The van der Waals surface area contributed by atoms with Gasteiger partial charge in [-0.3, -0.25) is 4.79 Å². The summed E-state index contributed by atoms with van der Waals surface area (Å²) in [4.78, 5) is 13.1. The molecule has 1 aromatic heterocycles. The highest BCUT2D eigenvalue weighted by molar-refractivity contribution is 5.58. The third-order valence-electron chi connectivity index (χ3n) is 3.84. The fourth-order valence-corrected chi connectivity index (χ4v) is 2.91. The van der Waals surface area contributed by atoms with E-state index in [0.717, 1.165) is 17.3 Å². The van der Waals surface area contributed by atoms with Gasteiger partial charge < -0.3 is 4.90 Å². The standard InChI is InChI=1S/C15H11F3N4O/c16-15(17,18)13-12(7-20-21-14(13)23)22-8-9-3-1-2-4-10(9)11(22)5-6-19/h1-4,7,11H,5,8H2,(H,21,23). The van der Waals surface area contributed by atoms with Crippen molar-refractivity contribution in [3.8, 4) is 6.07 Å². The Morgan fingerprint density at radius 2 is 2.13 bits per heavy atom. The van der Waals surface area contributed by atoms with Gasteiger partial charge in [0.1, 0.15) is 5.56 Å². The minimum Gasteiger partial charge on any atom is -0.357 e. The fraction of sp³-hybridized carbons (Fsp3) is 0.267. The van der Waals surface area contributed by atoms with Crippen LogP contribution in [0.1, 0.15) is 29.2 Å². The SMILES string of the molecule is N#CCC1c2ccccc2CN1c1cn[nH]c(=O)c1C(F)(F)F. The van der Waals surface area contributed by atoms with Crippen molar-refractivity contribution in [3.05, 3.63) is 57.5 Å². The van der Waals surface area contributed by atoms with Crippen LogP contribution in [0.25, 0.3) is 0 Å². The zero-order chi connectivity index (χ0) is 16.6. The molecule has 23 heavy (non-hydrogen) atoms. The summed E-state index contributed by atoms with van der Waals surface area (Å²) in [5, 5.41) is 14.3. The van der Waals surface area contributed by atoms with Gasteiger partial charge in [0, 0.05) is 6.54 Å². The number of nitrogens with one attached hydrogen (secondary N) is 1. The molecule has 0 bridgehead atoms. The topological polar surface area (TPSA) is 72.8 Å². The van der Waals surface area contributed by atoms with Gasteiger partial charge in [-0.2, -0.15) is 23.5 Å². The summed E-state index contributed by atoms with van der Waals surface area (Å²) >= 11 is 0. The minimum atomic E-state index is -4.81. The van der Waals surface area contributed by atoms with E-state index in [9.17, 15) is 18.0 Å². The Morgan fingerprint density at radius 1 is 1.39 bits per heavy atom. The van der Waals surface area contributed by atoms with Crippen LogP contribution in [-0.2, 0) is 12.7 Å². The molecule has 1 atom stereocenters. The molecule has 1 aliphatic rings. The molecule has 1 aromatic carbocycles. The number of aromatic nitrogens is 2. The van der Waals surface area contributed by atoms with E-state index in [0.29, 0.717) is 0 Å². The number of nitriles is 1. The number of aromatic amines is 1. The maximum absolute atomic E-state index is 13.3. The van der Waals surface area contributed by atoms with Gasteiger partial charge in [-0.25, -0.2) is 5.10 Å². The van der Waals surface area contributed by atoms with Crippen molar-refractivity contribution < 1.29 is 13.2 Å². The zero-order valence-electron chi connectivity index (χ0n) is 11.8. The Kier molecular flexibility index (Phi) is 3.56. The van der Waals surface area contributed by atoms with Crippen molar-refractivity contribution in [2.24, 2.45) is 0 Å². The maximum atomic E-state index is 13.3. The first-order valence-electron chi connectivity index (χ1n) is 6.79. The van der Waals surface area contributed by atoms with Gasteiger partial charge >= 0.3 is 6.18 Å². The minimum absolute atomic E-state index is 0.0150. The number of alkyl halides is 3. The lowest BCUT2D eigenvalue weighted by molar-refractivity contribution is -0.138. The second kappa shape index (κ2) is 5.43. The summed E-state index contributed by atoms with van der Waals surface area (Å²) in [5.74, 6) is 0. The highest BCUT2D eigenvalue weighted by atomic mass is 19.4. The van der Waals surface area contributed by atoms with Gasteiger partial charge in [0.25, 0.3) is 5.56 Å². The van der Waals surface area contributed by atoms with E-state index in [1.807, 2.05) is 11.2 Å². The lowest BCUT2D eigenvalue weighted by Crippen LogP contribution is -2.30. The molecule has 1 aliphatic heterocycles. The summed E-state index contributed by atoms with van der Waals surface area (Å²) in [6.07, 6.45) is -3.81. The smallest absolute Gasteiger partial charge is 0.357 e. The summed E-state index contributed by atoms with van der Waals surface area (Å²) in [5.41, 5.74) is -1.26. The molecule has 5 nitrogen and oxygen atoms in total. The summed E-state index contributed by atoms with van der Waals surface area (Å²) in [6, 6.07) is 8.59. The van der Waals surface area contributed by atoms with Crippen LogP contribution in [0.2, 0.25) is 0 Å². The summed E-state index contributed by atoms with van der Waals surface area (Å²) in [6.45, 7) is 0.191. The van der Waals surface area contributed by atoms with Crippen LogP contribution in [0.5, 0.6) is 0 Å². The Morgan fingerprint density at radius 3 is 2.83 bits per heavy atom. The molecule has 0 fully saturated rings. The molecule has 0 saturated carbocycles. The van der Waals surface area contributed by atoms with Crippen LogP contribution in [0.15, 0.2) is 35.3 Å². The largest absolute Gasteiger partial charge is 0.423 e. The van der Waals surface area contributed by atoms with E-state index in [-0.39, 0.29) is 18.7 Å². The van der Waals surface area contributed by atoms with Crippen molar-refractivity contribution in [1.82, 2.24) is 10.2 Å². The average Bonchev–Trinajstić information content (AvgIpc) is 2.85. The Balaban J connectivity index is 2.15. The van der Waals surface area contributed by atoms with Crippen LogP contribution >= 0.6 is 0 Å². The summed E-state index contributed by atoms with van der Waals surface area (Å²) in [7, 11) is 0.